The van der Waals surface area contributed by atoms with E-state index >= 15 is 0 Å². The second-order valence-electron chi connectivity index (χ2n) is 6.19. The van der Waals surface area contributed by atoms with Crippen molar-refractivity contribution < 1.29 is 13.5 Å². The van der Waals surface area contributed by atoms with Crippen LogP contribution in [0.5, 0.6) is 5.75 Å². The van der Waals surface area contributed by atoms with Gasteiger partial charge >= 0.3 is 0 Å². The molecule has 0 spiro atoms. The van der Waals surface area contributed by atoms with Gasteiger partial charge in [-0.25, -0.2) is 0 Å². The maximum atomic E-state index is 13.9. The molecule has 0 amide bonds. The van der Waals surface area contributed by atoms with Crippen molar-refractivity contribution in [1.82, 2.24) is 0 Å². The summed E-state index contributed by atoms with van der Waals surface area (Å²) < 4.78 is 33.8. The predicted octanol–water partition coefficient (Wildman–Crippen LogP) is 7.29. The van der Waals surface area contributed by atoms with Gasteiger partial charge in [-0.3, -0.25) is 0 Å². The molecule has 1 nitrogen and oxygen atoms in total. The number of rotatable bonds is 6. The minimum atomic E-state index is -1.65. The molecule has 1 unspecified atom stereocenters. The summed E-state index contributed by atoms with van der Waals surface area (Å²) in [7, 11) is 1.56. The van der Waals surface area contributed by atoms with Crippen LogP contribution in [0.25, 0.3) is 5.57 Å². The van der Waals surface area contributed by atoms with Crippen LogP contribution in [0.1, 0.15) is 29.0 Å². The van der Waals surface area contributed by atoms with Gasteiger partial charge in [-0.05, 0) is 47.4 Å². The molecule has 0 heterocycles. The number of hydrogen-bond acceptors (Lipinski definition) is 1. The summed E-state index contributed by atoms with van der Waals surface area (Å²) in [6, 6.07) is 24.3. The van der Waals surface area contributed by atoms with Gasteiger partial charge in [-0.1, -0.05) is 70.5 Å². The van der Waals surface area contributed by atoms with Crippen molar-refractivity contribution >= 4 is 21.5 Å². The van der Waals surface area contributed by atoms with E-state index in [1.807, 2.05) is 54.6 Å². The van der Waals surface area contributed by atoms with E-state index in [0.717, 1.165) is 15.6 Å². The van der Waals surface area contributed by atoms with Crippen LogP contribution in [0.4, 0.5) is 8.78 Å². The van der Waals surface area contributed by atoms with E-state index in [1.54, 1.807) is 31.4 Å². The number of methoxy groups -OCH3 is 1. The molecule has 3 aromatic carbocycles. The summed E-state index contributed by atoms with van der Waals surface area (Å²) in [4.78, 5) is 0. The standard InChI is InChI=1S/C23H19BrF2O/c1-27-20-13-9-18(10-14-20)22(23(25)26)15-21(16-5-3-2-4-6-16)17-7-11-19(24)12-8-17/h2-14,21H,15H2,1H3. The maximum absolute atomic E-state index is 13.9. The minimum Gasteiger partial charge on any atom is -0.497 e. The molecule has 138 valence electrons. The molecule has 4 heteroatoms. The molecule has 1 atom stereocenters. The van der Waals surface area contributed by atoms with Gasteiger partial charge in [0.05, 0.1) is 7.11 Å². The SMILES string of the molecule is COc1ccc(C(CC(c2ccccc2)c2ccc(Br)cc2)=C(F)F)cc1. The van der Waals surface area contributed by atoms with Crippen LogP contribution in [0.3, 0.4) is 0 Å². The molecule has 0 saturated carbocycles. The third-order valence-electron chi connectivity index (χ3n) is 4.55. The average molecular weight is 429 g/mol. The fraction of sp³-hybridized carbons (Fsp3) is 0.130. The summed E-state index contributed by atoms with van der Waals surface area (Å²) in [5, 5.41) is 0. The predicted molar refractivity (Wildman–Crippen MR) is 109 cm³/mol. The van der Waals surface area contributed by atoms with Crippen LogP contribution in [-0.4, -0.2) is 7.11 Å². The van der Waals surface area contributed by atoms with Crippen LogP contribution in [0.15, 0.2) is 89.4 Å². The molecule has 0 bridgehead atoms. The number of halogens is 3. The first kappa shape index (κ1) is 19.3. The summed E-state index contributed by atoms with van der Waals surface area (Å²) in [6.07, 6.45) is -1.45. The number of hydrogen-bond donors (Lipinski definition) is 0. The molecule has 3 rings (SSSR count). The fourth-order valence-corrected chi connectivity index (χ4v) is 3.37. The van der Waals surface area contributed by atoms with Gasteiger partial charge in [0, 0.05) is 16.0 Å². The smallest absolute Gasteiger partial charge is 0.274 e. The van der Waals surface area contributed by atoms with Crippen LogP contribution in [0, 0.1) is 0 Å². The van der Waals surface area contributed by atoms with E-state index in [0.29, 0.717) is 11.3 Å². The van der Waals surface area contributed by atoms with Gasteiger partial charge in [0.2, 0.25) is 0 Å². The lowest BCUT2D eigenvalue weighted by Gasteiger charge is -2.20. The zero-order valence-electron chi connectivity index (χ0n) is 14.8. The lowest BCUT2D eigenvalue weighted by molar-refractivity contribution is 0.414. The Balaban J connectivity index is 2.00. The number of benzene rings is 3. The minimum absolute atomic E-state index is 0.0504. The van der Waals surface area contributed by atoms with Crippen LogP contribution >= 0.6 is 15.9 Å². The van der Waals surface area contributed by atoms with Gasteiger partial charge in [-0.2, -0.15) is 8.78 Å². The zero-order valence-corrected chi connectivity index (χ0v) is 16.4. The van der Waals surface area contributed by atoms with Crippen molar-refractivity contribution in [3.05, 3.63) is 106 Å². The van der Waals surface area contributed by atoms with Crippen molar-refractivity contribution in [3.8, 4) is 5.75 Å². The molecule has 27 heavy (non-hydrogen) atoms. The third kappa shape index (κ3) is 4.83. The lowest BCUT2D eigenvalue weighted by atomic mass is 9.84. The van der Waals surface area contributed by atoms with Crippen LogP contribution in [0.2, 0.25) is 0 Å². The van der Waals surface area contributed by atoms with Crippen molar-refractivity contribution in [3.63, 3.8) is 0 Å². The zero-order chi connectivity index (χ0) is 19.2. The van der Waals surface area contributed by atoms with E-state index in [1.165, 1.54) is 0 Å². The Morgan fingerprint density at radius 2 is 1.44 bits per heavy atom. The van der Waals surface area contributed by atoms with Gasteiger partial charge in [-0.15, -0.1) is 0 Å². The lowest BCUT2D eigenvalue weighted by Crippen LogP contribution is -2.03. The molecule has 0 aliphatic carbocycles. The second kappa shape index (κ2) is 8.96. The number of allylic oxidation sites excluding steroid dienone is 1. The molecule has 0 aliphatic rings. The van der Waals surface area contributed by atoms with Gasteiger partial charge in [0.25, 0.3) is 6.08 Å². The molecule has 3 aromatic rings. The number of ether oxygens (including phenoxy) is 1. The van der Waals surface area contributed by atoms with Crippen molar-refractivity contribution in [2.45, 2.75) is 12.3 Å². The Morgan fingerprint density at radius 1 is 0.852 bits per heavy atom. The highest BCUT2D eigenvalue weighted by molar-refractivity contribution is 9.10. The first-order chi connectivity index (χ1) is 13.1. The quantitative estimate of drug-likeness (QED) is 0.400. The topological polar surface area (TPSA) is 9.23 Å². The molecule has 0 saturated heterocycles. The third-order valence-corrected chi connectivity index (χ3v) is 5.08. The molecule has 0 N–H and O–H groups in total. The van der Waals surface area contributed by atoms with E-state index in [-0.39, 0.29) is 17.9 Å². The first-order valence-corrected chi connectivity index (χ1v) is 9.36. The molecule has 0 aromatic heterocycles. The Morgan fingerprint density at radius 3 is 2.00 bits per heavy atom. The first-order valence-electron chi connectivity index (χ1n) is 8.57. The van der Waals surface area contributed by atoms with Crippen LogP contribution in [-0.2, 0) is 0 Å². The molecule has 0 fully saturated rings. The van der Waals surface area contributed by atoms with Crippen LogP contribution < -0.4 is 4.74 Å². The van der Waals surface area contributed by atoms with Gasteiger partial charge in [0.15, 0.2) is 0 Å². The van der Waals surface area contributed by atoms with E-state index in [4.69, 9.17) is 4.74 Å². The maximum Gasteiger partial charge on any atom is 0.274 e. The Kier molecular flexibility index (Phi) is 6.40. The highest BCUT2D eigenvalue weighted by Crippen LogP contribution is 2.37. The highest BCUT2D eigenvalue weighted by Gasteiger charge is 2.20. The van der Waals surface area contributed by atoms with E-state index in [2.05, 4.69) is 15.9 Å². The molecule has 0 aliphatic heterocycles. The summed E-state index contributed by atoms with van der Waals surface area (Å²) in [5.41, 5.74) is 2.56. The second-order valence-corrected chi connectivity index (χ2v) is 7.10. The Hall–Kier alpha value is -2.46. The summed E-state index contributed by atoms with van der Waals surface area (Å²) in [6.45, 7) is 0. The highest BCUT2D eigenvalue weighted by atomic mass is 79.9. The van der Waals surface area contributed by atoms with Gasteiger partial charge < -0.3 is 4.74 Å². The fourth-order valence-electron chi connectivity index (χ4n) is 3.11. The van der Waals surface area contributed by atoms with E-state index < -0.39 is 6.08 Å². The average Bonchev–Trinajstić information content (AvgIpc) is 2.70. The summed E-state index contributed by atoms with van der Waals surface area (Å²) in [5.74, 6) is 0.475. The summed E-state index contributed by atoms with van der Waals surface area (Å²) >= 11 is 3.43. The van der Waals surface area contributed by atoms with Crippen molar-refractivity contribution in [2.24, 2.45) is 0 Å². The molecule has 0 radical (unpaired) electrons. The van der Waals surface area contributed by atoms with Gasteiger partial charge in [0.1, 0.15) is 5.75 Å². The Labute approximate surface area is 166 Å². The Bertz CT molecular complexity index is 899. The largest absolute Gasteiger partial charge is 0.497 e. The van der Waals surface area contributed by atoms with Crippen molar-refractivity contribution in [2.75, 3.05) is 7.11 Å². The normalized spacial score (nSPS) is 11.7. The van der Waals surface area contributed by atoms with E-state index in [9.17, 15) is 8.78 Å². The molecular weight excluding hydrogens is 410 g/mol. The molecular formula is C23H19BrF2O. The monoisotopic (exact) mass is 428 g/mol. The van der Waals surface area contributed by atoms with Crippen molar-refractivity contribution in [1.29, 1.82) is 0 Å².